The number of benzene rings is 2. The molecule has 2 heterocycles. The minimum atomic E-state index is 0.708. The molecule has 24 heavy (non-hydrogen) atoms. The van der Waals surface area contributed by atoms with Gasteiger partial charge in [-0.15, -0.1) is 0 Å². The van der Waals surface area contributed by atoms with Crippen molar-refractivity contribution in [3.8, 4) is 34.2 Å². The van der Waals surface area contributed by atoms with Crippen molar-refractivity contribution in [3.05, 3.63) is 77.4 Å². The molecule has 4 heteroatoms. The third-order valence-electron chi connectivity index (χ3n) is 3.92. The lowest BCUT2D eigenvalue weighted by molar-refractivity contribution is 0.593. The van der Waals surface area contributed by atoms with Crippen LogP contribution in [0.1, 0.15) is 5.69 Å². The van der Waals surface area contributed by atoms with Gasteiger partial charge in [-0.2, -0.15) is 0 Å². The predicted octanol–water partition coefficient (Wildman–Crippen LogP) is 5.97. The smallest absolute Gasteiger partial charge is 0.174 e. The molecule has 0 fully saturated rings. The molecule has 2 aromatic heterocycles. The molecule has 118 valence electrons. The van der Waals surface area contributed by atoms with E-state index in [1.165, 1.54) is 0 Å². The SMILES string of the molecule is Cc1nc(-c2ccc(-c3ccc(Cl)cc3)o2)[nH]c1-c1ccccc1. The van der Waals surface area contributed by atoms with E-state index in [1.807, 2.05) is 61.5 Å². The number of H-pyrrole nitrogens is 1. The summed E-state index contributed by atoms with van der Waals surface area (Å²) in [6, 6.07) is 21.6. The summed E-state index contributed by atoms with van der Waals surface area (Å²) in [6.07, 6.45) is 0. The molecule has 0 amide bonds. The summed E-state index contributed by atoms with van der Waals surface area (Å²) >= 11 is 5.93. The van der Waals surface area contributed by atoms with Crippen LogP contribution >= 0.6 is 11.6 Å². The number of aromatic amines is 1. The van der Waals surface area contributed by atoms with Crippen LogP contribution in [0.5, 0.6) is 0 Å². The topological polar surface area (TPSA) is 41.8 Å². The van der Waals surface area contributed by atoms with Gasteiger partial charge in [-0.05, 0) is 48.9 Å². The van der Waals surface area contributed by atoms with E-state index >= 15 is 0 Å². The number of rotatable bonds is 3. The largest absolute Gasteiger partial charge is 0.453 e. The van der Waals surface area contributed by atoms with Crippen molar-refractivity contribution in [2.24, 2.45) is 0 Å². The maximum absolute atomic E-state index is 5.96. The Morgan fingerprint density at radius 2 is 1.54 bits per heavy atom. The third-order valence-corrected chi connectivity index (χ3v) is 4.17. The Morgan fingerprint density at radius 1 is 0.833 bits per heavy atom. The van der Waals surface area contributed by atoms with Gasteiger partial charge in [0.2, 0.25) is 0 Å². The van der Waals surface area contributed by atoms with E-state index in [0.717, 1.165) is 34.1 Å². The summed E-state index contributed by atoms with van der Waals surface area (Å²) in [5.74, 6) is 2.23. The number of halogens is 1. The van der Waals surface area contributed by atoms with Crippen LogP contribution in [0, 0.1) is 6.92 Å². The van der Waals surface area contributed by atoms with E-state index in [9.17, 15) is 0 Å². The van der Waals surface area contributed by atoms with Gasteiger partial charge in [-0.1, -0.05) is 41.9 Å². The van der Waals surface area contributed by atoms with Crippen molar-refractivity contribution in [2.75, 3.05) is 0 Å². The van der Waals surface area contributed by atoms with Crippen molar-refractivity contribution in [1.29, 1.82) is 0 Å². The Kier molecular flexibility index (Phi) is 3.71. The molecule has 0 aliphatic carbocycles. The predicted molar refractivity (Wildman–Crippen MR) is 96.9 cm³/mol. The van der Waals surface area contributed by atoms with Gasteiger partial charge in [0.15, 0.2) is 11.6 Å². The Morgan fingerprint density at radius 3 is 2.29 bits per heavy atom. The van der Waals surface area contributed by atoms with Crippen LogP contribution in [-0.4, -0.2) is 9.97 Å². The van der Waals surface area contributed by atoms with E-state index in [1.54, 1.807) is 0 Å². The fourth-order valence-electron chi connectivity index (χ4n) is 2.70. The molecule has 0 aliphatic rings. The summed E-state index contributed by atoms with van der Waals surface area (Å²) in [5, 5.41) is 0.708. The van der Waals surface area contributed by atoms with Crippen LogP contribution in [0.25, 0.3) is 34.2 Å². The fourth-order valence-corrected chi connectivity index (χ4v) is 2.82. The minimum absolute atomic E-state index is 0.708. The van der Waals surface area contributed by atoms with E-state index in [4.69, 9.17) is 16.0 Å². The highest BCUT2D eigenvalue weighted by Crippen LogP contribution is 2.30. The van der Waals surface area contributed by atoms with Crippen LogP contribution in [0.3, 0.4) is 0 Å². The number of aromatic nitrogens is 2. The molecule has 2 aromatic carbocycles. The van der Waals surface area contributed by atoms with Crippen LogP contribution < -0.4 is 0 Å². The number of nitrogens with one attached hydrogen (secondary N) is 1. The summed E-state index contributed by atoms with van der Waals surface area (Å²) < 4.78 is 5.96. The standard InChI is InChI=1S/C20H15ClN2O/c1-13-19(15-5-3-2-4-6-15)23-20(22-13)18-12-11-17(24-18)14-7-9-16(21)10-8-14/h2-12H,1H3,(H,22,23). The van der Waals surface area contributed by atoms with E-state index < -0.39 is 0 Å². The third kappa shape index (κ3) is 2.74. The Balaban J connectivity index is 1.69. The first-order chi connectivity index (χ1) is 11.7. The monoisotopic (exact) mass is 334 g/mol. The van der Waals surface area contributed by atoms with Gasteiger partial charge < -0.3 is 9.40 Å². The van der Waals surface area contributed by atoms with Crippen molar-refractivity contribution in [1.82, 2.24) is 9.97 Å². The van der Waals surface area contributed by atoms with Crippen molar-refractivity contribution >= 4 is 11.6 Å². The second-order valence-corrected chi connectivity index (χ2v) is 6.02. The normalized spacial score (nSPS) is 10.9. The highest BCUT2D eigenvalue weighted by Gasteiger charge is 2.13. The molecule has 0 radical (unpaired) electrons. The zero-order valence-electron chi connectivity index (χ0n) is 13.1. The van der Waals surface area contributed by atoms with Gasteiger partial charge in [0.05, 0.1) is 11.4 Å². The van der Waals surface area contributed by atoms with Gasteiger partial charge in [-0.25, -0.2) is 4.98 Å². The maximum Gasteiger partial charge on any atom is 0.174 e. The minimum Gasteiger partial charge on any atom is -0.453 e. The average molecular weight is 335 g/mol. The number of aryl methyl sites for hydroxylation is 1. The molecule has 4 rings (SSSR count). The molecular formula is C20H15ClN2O. The first-order valence-corrected chi connectivity index (χ1v) is 8.07. The lowest BCUT2D eigenvalue weighted by Crippen LogP contribution is -1.79. The first-order valence-electron chi connectivity index (χ1n) is 7.69. The van der Waals surface area contributed by atoms with E-state index in [2.05, 4.69) is 22.1 Å². The van der Waals surface area contributed by atoms with Crippen LogP contribution in [-0.2, 0) is 0 Å². The molecule has 0 atom stereocenters. The summed E-state index contributed by atoms with van der Waals surface area (Å²) in [6.45, 7) is 1.99. The molecule has 4 aromatic rings. The van der Waals surface area contributed by atoms with Crippen molar-refractivity contribution in [3.63, 3.8) is 0 Å². The maximum atomic E-state index is 5.96. The zero-order chi connectivity index (χ0) is 16.5. The second-order valence-electron chi connectivity index (χ2n) is 5.58. The van der Waals surface area contributed by atoms with Gasteiger partial charge >= 0.3 is 0 Å². The number of imidazole rings is 1. The summed E-state index contributed by atoms with van der Waals surface area (Å²) in [4.78, 5) is 7.97. The molecule has 0 aliphatic heterocycles. The Bertz CT molecular complexity index is 969. The highest BCUT2D eigenvalue weighted by molar-refractivity contribution is 6.30. The number of hydrogen-bond donors (Lipinski definition) is 1. The van der Waals surface area contributed by atoms with Crippen LogP contribution in [0.2, 0.25) is 5.02 Å². The molecule has 0 unspecified atom stereocenters. The summed E-state index contributed by atoms with van der Waals surface area (Å²) in [7, 11) is 0. The average Bonchev–Trinajstić information content (AvgIpc) is 3.23. The fraction of sp³-hybridized carbons (Fsp3) is 0.0500. The lowest BCUT2D eigenvalue weighted by atomic mass is 10.1. The van der Waals surface area contributed by atoms with Gasteiger partial charge in [0.25, 0.3) is 0 Å². The molecule has 0 saturated carbocycles. The van der Waals surface area contributed by atoms with Crippen LogP contribution in [0.4, 0.5) is 0 Å². The van der Waals surface area contributed by atoms with Crippen molar-refractivity contribution in [2.45, 2.75) is 6.92 Å². The zero-order valence-corrected chi connectivity index (χ0v) is 13.8. The number of nitrogens with zero attached hydrogens (tertiary/aromatic N) is 1. The van der Waals surface area contributed by atoms with Gasteiger partial charge in [0, 0.05) is 10.6 Å². The highest BCUT2D eigenvalue weighted by atomic mass is 35.5. The quantitative estimate of drug-likeness (QED) is 0.501. The molecule has 3 nitrogen and oxygen atoms in total. The molecule has 1 N–H and O–H groups in total. The summed E-state index contributed by atoms with van der Waals surface area (Å²) in [5.41, 5.74) is 4.05. The Hall–Kier alpha value is -2.78. The number of furan rings is 1. The second kappa shape index (κ2) is 6.02. The van der Waals surface area contributed by atoms with Gasteiger partial charge in [0.1, 0.15) is 5.76 Å². The number of hydrogen-bond acceptors (Lipinski definition) is 2. The molecule has 0 spiro atoms. The molecular weight excluding hydrogens is 320 g/mol. The lowest BCUT2D eigenvalue weighted by Gasteiger charge is -1.98. The van der Waals surface area contributed by atoms with Crippen LogP contribution in [0.15, 0.2) is 71.1 Å². The first kappa shape index (κ1) is 14.8. The van der Waals surface area contributed by atoms with E-state index in [-0.39, 0.29) is 0 Å². The molecule has 0 saturated heterocycles. The Labute approximate surface area is 144 Å². The van der Waals surface area contributed by atoms with E-state index in [0.29, 0.717) is 10.8 Å². The molecule has 0 bridgehead atoms. The van der Waals surface area contributed by atoms with Crippen molar-refractivity contribution < 1.29 is 4.42 Å². The van der Waals surface area contributed by atoms with Gasteiger partial charge in [-0.3, -0.25) is 0 Å².